The smallest absolute Gasteiger partial charge is 0.255 e. The summed E-state index contributed by atoms with van der Waals surface area (Å²) in [4.78, 5) is 16.9. The molecule has 3 rings (SSSR count). The number of hydrogen-bond acceptors (Lipinski definition) is 2. The maximum Gasteiger partial charge on any atom is 0.255 e. The van der Waals surface area contributed by atoms with E-state index < -0.39 is 0 Å². The molecule has 1 N–H and O–H groups in total. The second-order valence-corrected chi connectivity index (χ2v) is 5.98. The van der Waals surface area contributed by atoms with Crippen molar-refractivity contribution in [2.45, 2.75) is 39.2 Å². The number of fused-ring (bicyclic) bond motifs is 1. The summed E-state index contributed by atoms with van der Waals surface area (Å²) in [6.07, 6.45) is 6.23. The molecule has 4 heteroatoms. The van der Waals surface area contributed by atoms with Crippen molar-refractivity contribution < 1.29 is 4.79 Å². The summed E-state index contributed by atoms with van der Waals surface area (Å²) in [5.74, 6) is 0.581. The molecule has 0 aromatic carbocycles. The second-order valence-electron chi connectivity index (χ2n) is 5.98. The van der Waals surface area contributed by atoms with Crippen molar-refractivity contribution in [3.8, 4) is 0 Å². The van der Waals surface area contributed by atoms with Crippen LogP contribution in [0.1, 0.15) is 42.7 Å². The number of nitrogens with one attached hydrogen (secondary N) is 1. The first kappa shape index (κ1) is 12.2. The summed E-state index contributed by atoms with van der Waals surface area (Å²) in [7, 11) is 0. The minimum absolute atomic E-state index is 0.0301. The van der Waals surface area contributed by atoms with Crippen LogP contribution in [0.4, 0.5) is 0 Å². The van der Waals surface area contributed by atoms with Crippen LogP contribution in [0.15, 0.2) is 24.5 Å². The zero-order chi connectivity index (χ0) is 13.6. The van der Waals surface area contributed by atoms with Crippen molar-refractivity contribution >= 4 is 11.6 Å². The lowest BCUT2D eigenvalue weighted by Gasteiger charge is -2.25. The quantitative estimate of drug-likeness (QED) is 0.918. The molecule has 1 saturated carbocycles. The number of carbonyl (C=O) groups is 1. The third kappa shape index (κ3) is 2.23. The van der Waals surface area contributed by atoms with Crippen LogP contribution in [0.3, 0.4) is 0 Å². The Balaban J connectivity index is 1.91. The molecule has 2 aromatic heterocycles. The predicted molar refractivity (Wildman–Crippen MR) is 74.2 cm³/mol. The van der Waals surface area contributed by atoms with Crippen LogP contribution < -0.4 is 5.32 Å². The van der Waals surface area contributed by atoms with E-state index in [4.69, 9.17) is 0 Å². The lowest BCUT2D eigenvalue weighted by atomic mass is 9.98. The van der Waals surface area contributed by atoms with Gasteiger partial charge in [-0.25, -0.2) is 4.98 Å². The molecule has 0 spiro atoms. The molecular formula is C15H19N3O. The molecule has 1 aliphatic rings. The van der Waals surface area contributed by atoms with Crippen LogP contribution in [0.5, 0.6) is 0 Å². The van der Waals surface area contributed by atoms with Crippen LogP contribution in [0, 0.1) is 12.8 Å². The first-order chi connectivity index (χ1) is 8.97. The van der Waals surface area contributed by atoms with E-state index in [-0.39, 0.29) is 11.4 Å². The Kier molecular flexibility index (Phi) is 2.62. The van der Waals surface area contributed by atoms with E-state index in [9.17, 15) is 4.79 Å². The fraction of sp³-hybridized carbons (Fsp3) is 0.467. The molecule has 2 heterocycles. The van der Waals surface area contributed by atoms with Crippen molar-refractivity contribution in [3.05, 3.63) is 35.8 Å². The number of rotatable bonds is 3. The molecule has 0 bridgehead atoms. The summed E-state index contributed by atoms with van der Waals surface area (Å²) in [5, 5.41) is 3.14. The molecule has 0 atom stereocenters. The van der Waals surface area contributed by atoms with Crippen molar-refractivity contribution in [1.29, 1.82) is 0 Å². The Morgan fingerprint density at radius 3 is 2.74 bits per heavy atom. The van der Waals surface area contributed by atoms with Gasteiger partial charge >= 0.3 is 0 Å². The van der Waals surface area contributed by atoms with Crippen LogP contribution in [0.2, 0.25) is 0 Å². The molecule has 100 valence electrons. The van der Waals surface area contributed by atoms with Crippen molar-refractivity contribution in [3.63, 3.8) is 0 Å². The predicted octanol–water partition coefficient (Wildman–Crippen LogP) is 2.56. The molecule has 0 unspecified atom stereocenters. The van der Waals surface area contributed by atoms with Crippen molar-refractivity contribution in [2.75, 3.05) is 0 Å². The monoisotopic (exact) mass is 257 g/mol. The van der Waals surface area contributed by atoms with Gasteiger partial charge in [0.15, 0.2) is 0 Å². The van der Waals surface area contributed by atoms with Gasteiger partial charge in [0.1, 0.15) is 5.65 Å². The van der Waals surface area contributed by atoms with Gasteiger partial charge in [-0.3, -0.25) is 4.79 Å². The van der Waals surface area contributed by atoms with Gasteiger partial charge in [-0.2, -0.15) is 0 Å². The van der Waals surface area contributed by atoms with Crippen LogP contribution in [-0.2, 0) is 0 Å². The van der Waals surface area contributed by atoms with E-state index in [0.29, 0.717) is 11.5 Å². The van der Waals surface area contributed by atoms with Gasteiger partial charge in [0.2, 0.25) is 0 Å². The zero-order valence-corrected chi connectivity index (χ0v) is 11.6. The Labute approximate surface area is 112 Å². The fourth-order valence-corrected chi connectivity index (χ4v) is 2.51. The first-order valence-electron chi connectivity index (χ1n) is 6.74. The van der Waals surface area contributed by atoms with Gasteiger partial charge in [0.05, 0.1) is 5.56 Å². The highest BCUT2D eigenvalue weighted by atomic mass is 16.1. The molecule has 19 heavy (non-hydrogen) atoms. The van der Waals surface area contributed by atoms with Gasteiger partial charge < -0.3 is 9.72 Å². The van der Waals surface area contributed by atoms with Gasteiger partial charge in [0.25, 0.3) is 5.91 Å². The fourth-order valence-electron chi connectivity index (χ4n) is 2.51. The second kappa shape index (κ2) is 4.08. The van der Waals surface area contributed by atoms with Gasteiger partial charge in [-0.1, -0.05) is 0 Å². The molecule has 4 nitrogen and oxygen atoms in total. The number of amides is 1. The zero-order valence-electron chi connectivity index (χ0n) is 11.6. The molecule has 0 radical (unpaired) electrons. The standard InChI is InChI=1S/C15H19N3O/c1-10-6-8-18-9-7-12(13(18)16-10)14(19)17-15(2,3)11-4-5-11/h6-9,11H,4-5H2,1-3H3,(H,17,19). The molecule has 2 aromatic rings. The number of hydrogen-bond donors (Lipinski definition) is 1. The lowest BCUT2D eigenvalue weighted by Crippen LogP contribution is -2.45. The van der Waals surface area contributed by atoms with E-state index in [1.807, 2.05) is 35.9 Å². The summed E-state index contributed by atoms with van der Waals surface area (Å²) in [5.41, 5.74) is 2.16. The van der Waals surface area contributed by atoms with E-state index in [1.165, 1.54) is 12.8 Å². The number of nitrogens with zero attached hydrogens (tertiary/aromatic N) is 2. The topological polar surface area (TPSA) is 46.4 Å². The van der Waals surface area contributed by atoms with Crippen LogP contribution in [-0.4, -0.2) is 20.8 Å². The SMILES string of the molecule is Cc1ccn2ccc(C(=O)NC(C)(C)C3CC3)c2n1. The maximum atomic E-state index is 12.4. The molecule has 1 fully saturated rings. The van der Waals surface area contributed by atoms with Crippen LogP contribution >= 0.6 is 0 Å². The molecular weight excluding hydrogens is 238 g/mol. The average Bonchev–Trinajstić information content (AvgIpc) is 3.10. The minimum atomic E-state index is -0.130. The molecule has 1 aliphatic carbocycles. The highest BCUT2D eigenvalue weighted by Crippen LogP contribution is 2.39. The Morgan fingerprint density at radius 1 is 1.37 bits per heavy atom. The Morgan fingerprint density at radius 2 is 2.05 bits per heavy atom. The van der Waals surface area contributed by atoms with E-state index in [1.54, 1.807) is 0 Å². The molecule has 0 saturated heterocycles. The van der Waals surface area contributed by atoms with Gasteiger partial charge in [-0.15, -0.1) is 0 Å². The average molecular weight is 257 g/mol. The lowest BCUT2D eigenvalue weighted by molar-refractivity contribution is 0.0905. The van der Waals surface area contributed by atoms with E-state index in [0.717, 1.165) is 11.3 Å². The highest BCUT2D eigenvalue weighted by Gasteiger charge is 2.39. The third-order valence-corrected chi connectivity index (χ3v) is 3.92. The summed E-state index contributed by atoms with van der Waals surface area (Å²) >= 11 is 0. The third-order valence-electron chi connectivity index (χ3n) is 3.92. The number of aryl methyl sites for hydroxylation is 1. The number of aromatic nitrogens is 2. The molecule has 0 aliphatic heterocycles. The summed E-state index contributed by atoms with van der Waals surface area (Å²) < 4.78 is 1.88. The van der Waals surface area contributed by atoms with Crippen molar-refractivity contribution in [2.24, 2.45) is 5.92 Å². The van der Waals surface area contributed by atoms with E-state index >= 15 is 0 Å². The number of carbonyl (C=O) groups excluding carboxylic acids is 1. The summed E-state index contributed by atoms with van der Waals surface area (Å²) in [6, 6.07) is 3.77. The first-order valence-corrected chi connectivity index (χ1v) is 6.74. The summed E-state index contributed by atoms with van der Waals surface area (Å²) in [6.45, 7) is 6.13. The Bertz CT molecular complexity index is 638. The van der Waals surface area contributed by atoms with Crippen molar-refractivity contribution in [1.82, 2.24) is 14.7 Å². The molecule has 1 amide bonds. The maximum absolute atomic E-state index is 12.4. The normalized spacial score (nSPS) is 15.7. The Hall–Kier alpha value is -1.84. The minimum Gasteiger partial charge on any atom is -0.347 e. The highest BCUT2D eigenvalue weighted by molar-refractivity contribution is 6.00. The van der Waals surface area contributed by atoms with Crippen LogP contribution in [0.25, 0.3) is 5.65 Å². The van der Waals surface area contributed by atoms with E-state index in [2.05, 4.69) is 24.1 Å². The largest absolute Gasteiger partial charge is 0.347 e. The van der Waals surface area contributed by atoms with Gasteiger partial charge in [-0.05, 0) is 51.7 Å². The van der Waals surface area contributed by atoms with Gasteiger partial charge in [0, 0.05) is 23.6 Å².